The third-order valence-electron chi connectivity index (χ3n) is 3.96. The van der Waals surface area contributed by atoms with Gasteiger partial charge in [-0.3, -0.25) is 4.79 Å². The van der Waals surface area contributed by atoms with Crippen LogP contribution in [-0.2, 0) is 9.53 Å². The van der Waals surface area contributed by atoms with E-state index in [4.69, 9.17) is 9.47 Å². The minimum absolute atomic E-state index is 0.189. The number of methoxy groups -OCH3 is 1. The number of nitrogens with one attached hydrogen (secondary N) is 1. The van der Waals surface area contributed by atoms with Gasteiger partial charge >= 0.3 is 12.0 Å². The number of amides is 2. The smallest absolute Gasteiger partial charge is 0.341 e. The third-order valence-corrected chi connectivity index (χ3v) is 3.96. The van der Waals surface area contributed by atoms with E-state index in [1.54, 1.807) is 20.1 Å². The Labute approximate surface area is 135 Å². The van der Waals surface area contributed by atoms with Gasteiger partial charge in [0.1, 0.15) is 11.7 Å². The molecule has 0 radical (unpaired) electrons. The number of urea groups is 1. The SMILES string of the molecule is CCC(C)OC(=O)C1C(C)=NC(=O)NC1c1ccccc1OC. The van der Waals surface area contributed by atoms with E-state index >= 15 is 0 Å². The molecule has 3 atom stereocenters. The predicted octanol–water partition coefficient (Wildman–Crippen LogP) is 2.88. The lowest BCUT2D eigenvalue weighted by Gasteiger charge is -2.31. The molecule has 6 nitrogen and oxygen atoms in total. The van der Waals surface area contributed by atoms with Crippen molar-refractivity contribution in [3.8, 4) is 5.75 Å². The van der Waals surface area contributed by atoms with Crippen LogP contribution in [-0.4, -0.2) is 30.9 Å². The minimum atomic E-state index is -0.669. The molecule has 0 fully saturated rings. The molecule has 124 valence electrons. The number of benzene rings is 1. The molecule has 6 heteroatoms. The molecule has 0 saturated carbocycles. The fourth-order valence-electron chi connectivity index (χ4n) is 2.56. The highest BCUT2D eigenvalue weighted by Crippen LogP contribution is 2.33. The summed E-state index contributed by atoms with van der Waals surface area (Å²) >= 11 is 0. The van der Waals surface area contributed by atoms with Gasteiger partial charge < -0.3 is 14.8 Å². The van der Waals surface area contributed by atoms with Crippen LogP contribution < -0.4 is 10.1 Å². The second-order valence-electron chi connectivity index (χ2n) is 5.56. The molecule has 1 heterocycles. The van der Waals surface area contributed by atoms with E-state index < -0.39 is 24.0 Å². The number of carbonyl (C=O) groups excluding carboxylic acids is 2. The number of hydrogen-bond donors (Lipinski definition) is 1. The first-order chi connectivity index (χ1) is 11.0. The fraction of sp³-hybridized carbons (Fsp3) is 0.471. The van der Waals surface area contributed by atoms with Crippen LogP contribution in [0.25, 0.3) is 0 Å². The summed E-state index contributed by atoms with van der Waals surface area (Å²) in [4.78, 5) is 28.3. The number of nitrogens with zero attached hydrogens (tertiary/aromatic N) is 1. The Balaban J connectivity index is 2.40. The van der Waals surface area contributed by atoms with E-state index in [9.17, 15) is 9.59 Å². The van der Waals surface area contributed by atoms with Crippen molar-refractivity contribution in [1.82, 2.24) is 5.32 Å². The molecule has 3 unspecified atom stereocenters. The molecular formula is C17H22N2O4. The van der Waals surface area contributed by atoms with E-state index in [1.165, 1.54) is 0 Å². The average Bonchev–Trinajstić information content (AvgIpc) is 2.53. The Morgan fingerprint density at radius 2 is 2.09 bits per heavy atom. The number of hydrogen-bond acceptors (Lipinski definition) is 4. The number of ether oxygens (including phenoxy) is 2. The molecule has 0 aromatic heterocycles. The molecule has 23 heavy (non-hydrogen) atoms. The molecule has 1 aliphatic heterocycles. The monoisotopic (exact) mass is 318 g/mol. The van der Waals surface area contributed by atoms with Gasteiger partial charge in [0, 0.05) is 11.3 Å². The Morgan fingerprint density at radius 3 is 2.74 bits per heavy atom. The zero-order chi connectivity index (χ0) is 17.0. The maximum Gasteiger partial charge on any atom is 0.341 e. The first kappa shape index (κ1) is 17.0. The van der Waals surface area contributed by atoms with Crippen molar-refractivity contribution in [1.29, 1.82) is 0 Å². The molecule has 0 bridgehead atoms. The lowest BCUT2D eigenvalue weighted by atomic mass is 9.87. The highest BCUT2D eigenvalue weighted by Gasteiger charge is 2.39. The Hall–Kier alpha value is -2.37. The van der Waals surface area contributed by atoms with Gasteiger partial charge in [-0.15, -0.1) is 0 Å². The van der Waals surface area contributed by atoms with Crippen LogP contribution in [0.1, 0.15) is 38.8 Å². The Morgan fingerprint density at radius 1 is 1.39 bits per heavy atom. The van der Waals surface area contributed by atoms with E-state index in [2.05, 4.69) is 10.3 Å². The van der Waals surface area contributed by atoms with Crippen molar-refractivity contribution < 1.29 is 19.1 Å². The topological polar surface area (TPSA) is 77.0 Å². The normalized spacial score (nSPS) is 21.9. The Kier molecular flexibility index (Phi) is 5.36. The van der Waals surface area contributed by atoms with Crippen molar-refractivity contribution in [2.45, 2.75) is 39.3 Å². The first-order valence-corrected chi connectivity index (χ1v) is 7.67. The standard InChI is InChI=1S/C17H22N2O4/c1-5-10(2)23-16(20)14-11(3)18-17(21)19-15(14)12-8-6-7-9-13(12)22-4/h6-10,14-15H,5H2,1-4H3,(H,19,21). The fourth-order valence-corrected chi connectivity index (χ4v) is 2.56. The zero-order valence-electron chi connectivity index (χ0n) is 13.8. The summed E-state index contributed by atoms with van der Waals surface area (Å²) < 4.78 is 10.8. The summed E-state index contributed by atoms with van der Waals surface area (Å²) in [6, 6.07) is 6.26. The number of para-hydroxylation sites is 1. The van der Waals surface area contributed by atoms with E-state index in [-0.39, 0.29) is 6.10 Å². The third kappa shape index (κ3) is 3.70. The largest absolute Gasteiger partial charge is 0.496 e. The summed E-state index contributed by atoms with van der Waals surface area (Å²) in [5.74, 6) is -0.455. The molecule has 0 spiro atoms. The zero-order valence-corrected chi connectivity index (χ0v) is 13.8. The van der Waals surface area contributed by atoms with Crippen molar-refractivity contribution in [2.75, 3.05) is 7.11 Å². The second kappa shape index (κ2) is 7.26. The molecule has 1 aromatic rings. The quantitative estimate of drug-likeness (QED) is 0.847. The highest BCUT2D eigenvalue weighted by molar-refractivity contribution is 6.08. The maximum absolute atomic E-state index is 12.6. The van der Waals surface area contributed by atoms with Gasteiger partial charge in [0.15, 0.2) is 0 Å². The predicted molar refractivity (Wildman–Crippen MR) is 86.7 cm³/mol. The lowest BCUT2D eigenvalue weighted by molar-refractivity contribution is -0.151. The number of esters is 1. The molecule has 2 amide bonds. The van der Waals surface area contributed by atoms with Crippen molar-refractivity contribution in [2.24, 2.45) is 10.9 Å². The van der Waals surface area contributed by atoms with E-state index in [0.717, 1.165) is 12.0 Å². The molecule has 1 aliphatic rings. The van der Waals surface area contributed by atoms with Crippen molar-refractivity contribution >= 4 is 17.7 Å². The van der Waals surface area contributed by atoms with E-state index in [1.807, 2.05) is 32.0 Å². The summed E-state index contributed by atoms with van der Waals surface area (Å²) in [5, 5.41) is 2.75. The lowest BCUT2D eigenvalue weighted by Crippen LogP contribution is -2.45. The van der Waals surface area contributed by atoms with Crippen LogP contribution in [0.4, 0.5) is 4.79 Å². The number of aliphatic imine (C=N–C) groups is 1. The second-order valence-corrected chi connectivity index (χ2v) is 5.56. The van der Waals surface area contributed by atoms with Gasteiger partial charge in [-0.2, -0.15) is 0 Å². The van der Waals surface area contributed by atoms with Crippen LogP contribution in [0.3, 0.4) is 0 Å². The van der Waals surface area contributed by atoms with Crippen LogP contribution in [0, 0.1) is 5.92 Å². The maximum atomic E-state index is 12.6. The van der Waals surface area contributed by atoms with Crippen molar-refractivity contribution in [3.05, 3.63) is 29.8 Å². The van der Waals surface area contributed by atoms with Crippen LogP contribution in [0.5, 0.6) is 5.75 Å². The van der Waals surface area contributed by atoms with Gasteiger partial charge in [0.25, 0.3) is 0 Å². The van der Waals surface area contributed by atoms with Crippen molar-refractivity contribution in [3.63, 3.8) is 0 Å². The minimum Gasteiger partial charge on any atom is -0.496 e. The Bertz CT molecular complexity index is 627. The van der Waals surface area contributed by atoms with E-state index in [0.29, 0.717) is 11.5 Å². The van der Waals surface area contributed by atoms with Crippen LogP contribution >= 0.6 is 0 Å². The summed E-state index contributed by atoms with van der Waals surface area (Å²) in [6.45, 7) is 5.45. The van der Waals surface area contributed by atoms with Gasteiger partial charge in [-0.05, 0) is 26.3 Å². The summed E-state index contributed by atoms with van der Waals surface area (Å²) in [6.07, 6.45) is 0.534. The molecule has 0 aliphatic carbocycles. The van der Waals surface area contributed by atoms with Gasteiger partial charge in [0.05, 0.1) is 19.3 Å². The first-order valence-electron chi connectivity index (χ1n) is 7.67. The molecule has 2 rings (SSSR count). The summed E-state index contributed by atoms with van der Waals surface area (Å²) in [7, 11) is 1.55. The highest BCUT2D eigenvalue weighted by atomic mass is 16.5. The van der Waals surface area contributed by atoms with Gasteiger partial charge in [0.2, 0.25) is 0 Å². The number of carbonyl (C=O) groups is 2. The summed E-state index contributed by atoms with van der Waals surface area (Å²) in [5.41, 5.74) is 1.17. The average molecular weight is 318 g/mol. The molecule has 1 aromatic carbocycles. The van der Waals surface area contributed by atoms with Crippen LogP contribution in [0.2, 0.25) is 0 Å². The molecule has 1 N–H and O–H groups in total. The van der Waals surface area contributed by atoms with Gasteiger partial charge in [-0.1, -0.05) is 25.1 Å². The molecule has 0 saturated heterocycles. The van der Waals surface area contributed by atoms with Crippen LogP contribution in [0.15, 0.2) is 29.3 Å². The van der Waals surface area contributed by atoms with Gasteiger partial charge in [-0.25, -0.2) is 9.79 Å². The number of rotatable bonds is 5. The molecular weight excluding hydrogens is 296 g/mol.